The van der Waals surface area contributed by atoms with Gasteiger partial charge in [-0.2, -0.15) is 0 Å². The van der Waals surface area contributed by atoms with Gasteiger partial charge in [0.2, 0.25) is 0 Å². The molecule has 0 bridgehead atoms. The number of nitrogens with one attached hydrogen (secondary N) is 7. The molecule has 6 amide bonds. The standard InChI is InChI=1S/C23H24BN4O5.C20H20BN4O5.C7H11BN3O3.C5H10N2O2.C5H11NO2.C4H10N2O2.3C3H8.C2H3BNO2.C2H6N2O2.C2H6O.4CH4.ClH.H2O/c1-2-11-32-22(30)13-28(21(29)12-26-24)27-15-25-23(31)33-14-20-18-9-5-3-7-16(18)17-8-4-6-10-19(17)20;21-23-9-18(26)25(10-19(27)28)24-12-22-20(29)30-11-17-15-7-3-1-5-13(15)14-6-2-4-8-16(14)17;1-2-3-14-7(13)5-11(9)6(12)4-10-8;1-2-3-9-5(8)4-7-6;1-5(2,3)8-4(6)7;1-2-8-4(7)3-6-5;3*1-3-2;2*3-4-1-2(5)6;1-2-3;;;;;;/h2-10,20,27H,1,11-15H2,(H,25,31);1-8,17,24H,9-12H2,(H,22,29)(H,27,28);2H,1,3-5,9H2;2,7H,1,3-4,6H2;1-3H3,(H2,6,7);6H,2-3,5H2,1H3;3*3H2,1-2H3;1H2,(H,5,6);4H,1,3H2,(H,5,6);3H,2H2,1H3;4*1H4;1H;1H2. The number of rotatable bonds is 37. The Balaban J connectivity index is -0.000000132. The summed E-state index contributed by atoms with van der Waals surface area (Å²) < 4.78 is 33.9. The van der Waals surface area contributed by atoms with Gasteiger partial charge in [0.1, 0.15) is 31.8 Å². The van der Waals surface area contributed by atoms with E-state index >= 15 is 0 Å². The van der Waals surface area contributed by atoms with Gasteiger partial charge in [0.05, 0.1) is 6.61 Å². The molecule has 0 atom stereocenters. The first-order chi connectivity index (χ1) is 59.9. The number of halogens is 1. The normalized spacial score (nSPS) is 9.55. The first kappa shape index (κ1) is 146. The van der Waals surface area contributed by atoms with Gasteiger partial charge in [-0.05, 0) is 56.9 Å². The second-order valence-electron chi connectivity index (χ2n) is 25.0. The number of aliphatic carboxylic acids is 3. The van der Waals surface area contributed by atoms with E-state index in [1.807, 2.05) is 90.4 Å². The van der Waals surface area contributed by atoms with Crippen molar-refractivity contribution in [2.24, 2.45) is 48.7 Å². The molecular formula is C83H144B4ClN19O25. The first-order valence-corrected chi connectivity index (χ1v) is 38.7. The SMILES string of the molecule is C.C.C.C.C=CCOC(=O)CNN.CC(C)(C)OC(N)=O.CCC.CCC.CCC.CCO.CCOC(=O)CNN.Cl.NNCC(=O)O.O.[B]=NCC(=O)N(CC(=O)O)NCNC(=O)OCC1c2ccccc2-c2ccccc21.[B]=NCC(=O)N(CC(=O)OCC=C)NCNC(=O)OCC1c2ccccc2-c2ccccc21.[B]=NCC(=O)N(N)CC(=O)OCC=C.[B]=NCC(=O)O. The molecule has 0 saturated heterocycles. The number of hydrogen-bond acceptors (Lipinski definition) is 34. The Morgan fingerprint density at radius 1 is 0.447 bits per heavy atom. The number of esters is 4. The number of carbonyl (C=O) groups excluding carboxylic acids is 10. The molecule has 49 heteroatoms. The number of carbonyl (C=O) groups is 13. The molecule has 23 N–H and O–H groups in total. The zero-order valence-corrected chi connectivity index (χ0v) is 75.3. The van der Waals surface area contributed by atoms with E-state index in [4.69, 9.17) is 80.8 Å². The Hall–Kier alpha value is -12.1. The van der Waals surface area contributed by atoms with Gasteiger partial charge in [-0.3, -0.25) is 31.9 Å². The number of amides is 6. The van der Waals surface area contributed by atoms with E-state index in [-0.39, 0.29) is 177 Å². The number of carboxylic acids is 3. The third-order valence-electron chi connectivity index (χ3n) is 12.9. The number of primary amides is 1. The molecule has 6 rings (SSSR count). The fourth-order valence-corrected chi connectivity index (χ4v) is 8.61. The van der Waals surface area contributed by atoms with Crippen LogP contribution in [-0.2, 0) is 81.1 Å². The molecule has 0 heterocycles. The molecule has 2 aliphatic carbocycles. The average molecular weight is 1890 g/mol. The number of nitrogens with zero attached hydrogens (tertiary/aromatic N) is 7. The topological polar surface area (TPSA) is 672 Å². The van der Waals surface area contributed by atoms with Gasteiger partial charge >= 0.3 is 388 Å². The van der Waals surface area contributed by atoms with E-state index in [1.165, 1.54) is 37.5 Å². The Morgan fingerprint density at radius 3 is 0.977 bits per heavy atom. The number of hydrazine groups is 6. The van der Waals surface area contributed by atoms with Crippen molar-refractivity contribution in [3.63, 3.8) is 0 Å². The Kier molecular flexibility index (Phi) is 106. The number of alkyl carbamates (subject to hydrolysis) is 2. The molecule has 0 spiro atoms. The summed E-state index contributed by atoms with van der Waals surface area (Å²) in [7, 11) is 19.3. The molecular weight excluding hydrogens is 1740 g/mol. The Bertz CT molecular complexity index is 3800. The van der Waals surface area contributed by atoms with Crippen molar-refractivity contribution in [1.29, 1.82) is 0 Å². The molecule has 0 fully saturated rings. The number of benzene rings is 4. The number of ether oxygens (including phenoxy) is 7. The van der Waals surface area contributed by atoms with E-state index in [9.17, 15) is 62.3 Å². The van der Waals surface area contributed by atoms with E-state index < -0.39 is 84.5 Å². The maximum atomic E-state index is 12.2. The van der Waals surface area contributed by atoms with Gasteiger partial charge in [-0.25, -0.2) is 21.1 Å². The third-order valence-corrected chi connectivity index (χ3v) is 12.9. The summed E-state index contributed by atoms with van der Waals surface area (Å²) in [5.41, 5.74) is 24.6. The molecule has 132 heavy (non-hydrogen) atoms. The minimum absolute atomic E-state index is 0. The summed E-state index contributed by atoms with van der Waals surface area (Å²) in [4.78, 5) is 155. The molecule has 4 aromatic carbocycles. The predicted molar refractivity (Wildman–Crippen MR) is 512 cm³/mol. The van der Waals surface area contributed by atoms with Crippen LogP contribution in [0.15, 0.2) is 155 Å². The van der Waals surface area contributed by atoms with Gasteiger partial charge in [0.25, 0.3) is 0 Å². The third kappa shape index (κ3) is 78.9. The first-order valence-electron chi connectivity index (χ1n) is 38.7. The zero-order valence-electron chi connectivity index (χ0n) is 74.5. The quantitative estimate of drug-likeness (QED) is 0.00396. The molecule has 0 aliphatic heterocycles. The van der Waals surface area contributed by atoms with Crippen LogP contribution in [0.2, 0.25) is 0 Å². The van der Waals surface area contributed by atoms with Crippen LogP contribution in [0.5, 0.6) is 0 Å². The fourth-order valence-electron chi connectivity index (χ4n) is 8.61. The summed E-state index contributed by atoms with van der Waals surface area (Å²) in [6.45, 7) is 29.9. The van der Waals surface area contributed by atoms with Crippen LogP contribution in [-0.4, -0.2) is 280 Å². The maximum absolute atomic E-state index is 12.2. The number of aliphatic hydroxyl groups excluding tert-OH is 1. The average Bonchev–Trinajstić information content (AvgIpc) is 1.62. The van der Waals surface area contributed by atoms with Crippen molar-refractivity contribution in [2.75, 3.05) is 125 Å². The van der Waals surface area contributed by atoms with Crippen molar-refractivity contribution in [3.8, 4) is 22.3 Å². The van der Waals surface area contributed by atoms with Crippen LogP contribution in [0.4, 0.5) is 14.4 Å². The molecule has 4 radical (unpaired) electrons. The molecule has 44 nitrogen and oxygen atoms in total. The second-order valence-corrected chi connectivity index (χ2v) is 25.0. The van der Waals surface area contributed by atoms with Gasteiger partial charge in [0.15, 0.2) is 0 Å². The Labute approximate surface area is 787 Å². The van der Waals surface area contributed by atoms with Crippen LogP contribution >= 0.6 is 12.4 Å². The number of fused-ring (bicyclic) bond motifs is 6. The van der Waals surface area contributed by atoms with Crippen molar-refractivity contribution >= 4 is 121 Å². The molecule has 0 unspecified atom stereocenters. The van der Waals surface area contributed by atoms with Crippen LogP contribution in [0.1, 0.15) is 159 Å². The van der Waals surface area contributed by atoms with Crippen molar-refractivity contribution < 1.29 is 121 Å². The van der Waals surface area contributed by atoms with Crippen LogP contribution < -0.4 is 66.9 Å². The molecule has 4 aromatic rings. The van der Waals surface area contributed by atoms with Gasteiger partial charge in [0, 0.05) is 6.61 Å². The van der Waals surface area contributed by atoms with Gasteiger partial charge in [-0.15, -0.1) is 12.4 Å². The molecule has 2 aliphatic rings. The monoisotopic (exact) mass is 1890 g/mol. The van der Waals surface area contributed by atoms with E-state index in [2.05, 4.69) is 158 Å². The summed E-state index contributed by atoms with van der Waals surface area (Å²) in [5, 5.41) is 39.4. The number of nitrogens with two attached hydrogens (primary N) is 5. The molecule has 740 valence electrons. The van der Waals surface area contributed by atoms with Gasteiger partial charge < -0.3 is 35.6 Å². The Morgan fingerprint density at radius 2 is 0.735 bits per heavy atom. The summed E-state index contributed by atoms with van der Waals surface area (Å²) in [6.07, 6.45) is 5.97. The predicted octanol–water partition coefficient (Wildman–Crippen LogP) is 5.34. The van der Waals surface area contributed by atoms with Crippen molar-refractivity contribution in [3.05, 3.63) is 157 Å². The van der Waals surface area contributed by atoms with Gasteiger partial charge in [-0.1, -0.05) is 200 Å². The summed E-state index contributed by atoms with van der Waals surface area (Å²) in [5.74, 6) is 12.4. The summed E-state index contributed by atoms with van der Waals surface area (Å²) >= 11 is 0. The minimum atomic E-state index is -1.23. The van der Waals surface area contributed by atoms with Crippen molar-refractivity contribution in [2.45, 2.75) is 143 Å². The number of carboxylic acid groups (broad SMARTS) is 3. The second kappa shape index (κ2) is 96.5. The zero-order chi connectivity index (χ0) is 97.2. The van der Waals surface area contributed by atoms with Crippen LogP contribution in [0.25, 0.3) is 22.3 Å². The number of hydrogen-bond donors (Lipinski definition) is 16. The van der Waals surface area contributed by atoms with Crippen molar-refractivity contribution in [1.82, 2.24) is 52.8 Å². The fraction of sp³-hybridized carbons (Fsp3) is 0.482. The van der Waals surface area contributed by atoms with Crippen LogP contribution in [0, 0.1) is 0 Å². The molecule has 0 saturated carbocycles. The number of aliphatic hydroxyl groups is 1. The van der Waals surface area contributed by atoms with Crippen LogP contribution in [0.3, 0.4) is 0 Å². The van der Waals surface area contributed by atoms with E-state index in [0.29, 0.717) is 11.6 Å². The van der Waals surface area contributed by atoms with E-state index in [1.54, 1.807) is 34.6 Å². The summed E-state index contributed by atoms with van der Waals surface area (Å²) in [6, 6.07) is 32.0. The molecule has 0 aromatic heterocycles. The van der Waals surface area contributed by atoms with E-state index in [0.717, 1.165) is 54.5 Å².